The number of benzene rings is 1. The molecule has 2 N–H and O–H groups in total. The normalized spacial score (nSPS) is 35.9. The zero-order chi connectivity index (χ0) is 16.7. The molecule has 2 heterocycles. The van der Waals surface area contributed by atoms with Crippen molar-refractivity contribution in [3.63, 3.8) is 0 Å². The Balaban J connectivity index is 0.00000182. The molecule has 4 rings (SSSR count). The molecule has 5 unspecified atom stereocenters. The third-order valence-corrected chi connectivity index (χ3v) is 5.92. The fraction of sp³-hybridized carbons (Fsp3) is 0.632. The fourth-order valence-corrected chi connectivity index (χ4v) is 4.29. The Morgan fingerprint density at radius 2 is 2.08 bits per heavy atom. The molecule has 2 aliphatic heterocycles. The second-order valence-electron chi connectivity index (χ2n) is 7.45. The maximum absolute atomic E-state index is 5.93. The third-order valence-electron chi connectivity index (χ3n) is 5.92. The molecule has 2 saturated heterocycles. The first-order valence-corrected chi connectivity index (χ1v) is 8.93. The molecule has 0 amide bonds. The number of nitrogens with zero attached hydrogens (tertiary/aromatic N) is 1. The van der Waals surface area contributed by atoms with Gasteiger partial charge in [0.05, 0.1) is 25.4 Å². The summed E-state index contributed by atoms with van der Waals surface area (Å²) in [6.07, 6.45) is 5.37. The minimum Gasteiger partial charge on any atom is -0.496 e. The van der Waals surface area contributed by atoms with Crippen LogP contribution in [0, 0.1) is 0 Å². The summed E-state index contributed by atoms with van der Waals surface area (Å²) in [6.45, 7) is 2.29. The van der Waals surface area contributed by atoms with Crippen molar-refractivity contribution in [3.8, 4) is 5.75 Å². The van der Waals surface area contributed by atoms with Gasteiger partial charge < -0.3 is 20.1 Å². The highest BCUT2D eigenvalue weighted by Gasteiger charge is 2.53. The Kier molecular flexibility index (Phi) is 5.48. The van der Waals surface area contributed by atoms with Crippen molar-refractivity contribution in [2.75, 3.05) is 14.2 Å². The molecule has 5 atom stereocenters. The molecule has 1 aromatic carbocycles. The summed E-state index contributed by atoms with van der Waals surface area (Å²) in [5.41, 5.74) is 1.36. The molecule has 1 saturated carbocycles. The molecule has 0 spiro atoms. The van der Waals surface area contributed by atoms with E-state index in [4.69, 9.17) is 9.47 Å². The van der Waals surface area contributed by atoms with Gasteiger partial charge in [0.2, 0.25) is 0 Å². The van der Waals surface area contributed by atoms with Crippen LogP contribution in [0.5, 0.6) is 5.75 Å². The number of rotatable bonds is 4. The zero-order valence-corrected chi connectivity index (χ0v) is 17.4. The molecular formula is C19H28IN3O2. The van der Waals surface area contributed by atoms with Crippen molar-refractivity contribution >= 4 is 29.9 Å². The van der Waals surface area contributed by atoms with E-state index in [2.05, 4.69) is 34.7 Å². The summed E-state index contributed by atoms with van der Waals surface area (Å²) in [4.78, 5) is 4.42. The standard InChI is InChI=1S/C19H27N3O2.HI/c1-19(13-6-4-5-7-15(13)23-3)11-17(19)22-18(20-2)21-14-10-12-8-9-16(14)24-12;/h4-7,12,14,16-17H,8-11H2,1-3H3,(H2,20,21,22);1H. The van der Waals surface area contributed by atoms with E-state index in [-0.39, 0.29) is 29.4 Å². The van der Waals surface area contributed by atoms with Gasteiger partial charge in [-0.3, -0.25) is 4.99 Å². The fourth-order valence-electron chi connectivity index (χ4n) is 4.29. The summed E-state index contributed by atoms with van der Waals surface area (Å²) >= 11 is 0. The number of nitrogens with one attached hydrogen (secondary N) is 2. The van der Waals surface area contributed by atoms with E-state index in [0.29, 0.717) is 24.3 Å². The van der Waals surface area contributed by atoms with Crippen LogP contribution in [0.4, 0.5) is 0 Å². The van der Waals surface area contributed by atoms with Gasteiger partial charge in [-0.25, -0.2) is 0 Å². The van der Waals surface area contributed by atoms with Gasteiger partial charge in [0.25, 0.3) is 0 Å². The summed E-state index contributed by atoms with van der Waals surface area (Å²) in [7, 11) is 3.58. The number of hydrogen-bond donors (Lipinski definition) is 2. The molecule has 3 fully saturated rings. The lowest BCUT2D eigenvalue weighted by Gasteiger charge is -2.23. The van der Waals surface area contributed by atoms with E-state index in [1.54, 1.807) is 7.11 Å². The number of methoxy groups -OCH3 is 1. The Morgan fingerprint density at radius 1 is 1.28 bits per heavy atom. The van der Waals surface area contributed by atoms with Gasteiger partial charge in [0.15, 0.2) is 5.96 Å². The SMILES string of the molecule is CN=C(NC1CC2CCC1O2)NC1CC1(C)c1ccccc1OC.I. The topological polar surface area (TPSA) is 54.9 Å². The predicted molar refractivity (Wildman–Crippen MR) is 110 cm³/mol. The summed E-state index contributed by atoms with van der Waals surface area (Å²) in [5, 5.41) is 7.16. The molecular weight excluding hydrogens is 429 g/mol. The molecule has 0 radical (unpaired) electrons. The van der Waals surface area contributed by atoms with Gasteiger partial charge in [-0.2, -0.15) is 0 Å². The maximum atomic E-state index is 5.93. The monoisotopic (exact) mass is 457 g/mol. The molecule has 138 valence electrons. The second-order valence-corrected chi connectivity index (χ2v) is 7.45. The molecule has 5 nitrogen and oxygen atoms in total. The van der Waals surface area contributed by atoms with Gasteiger partial charge in [0.1, 0.15) is 5.75 Å². The van der Waals surface area contributed by atoms with Gasteiger partial charge in [-0.1, -0.05) is 25.1 Å². The van der Waals surface area contributed by atoms with Gasteiger partial charge in [-0.05, 0) is 31.7 Å². The average Bonchev–Trinajstić information content (AvgIpc) is 2.95. The molecule has 6 heteroatoms. The van der Waals surface area contributed by atoms with E-state index >= 15 is 0 Å². The Hall–Kier alpha value is -1.02. The summed E-state index contributed by atoms with van der Waals surface area (Å²) in [6, 6.07) is 9.08. The third kappa shape index (κ3) is 3.47. The highest BCUT2D eigenvalue weighted by molar-refractivity contribution is 14.0. The number of hydrogen-bond acceptors (Lipinski definition) is 3. The number of fused-ring (bicyclic) bond motifs is 2. The minimum atomic E-state index is 0. The Morgan fingerprint density at radius 3 is 2.72 bits per heavy atom. The second kappa shape index (κ2) is 7.31. The lowest BCUT2D eigenvalue weighted by atomic mass is 9.95. The quantitative estimate of drug-likeness (QED) is 0.415. The van der Waals surface area contributed by atoms with Crippen LogP contribution < -0.4 is 15.4 Å². The number of para-hydroxylation sites is 1. The van der Waals surface area contributed by atoms with Crippen molar-refractivity contribution < 1.29 is 9.47 Å². The summed E-state index contributed by atoms with van der Waals surface area (Å²) in [5.74, 6) is 1.86. The molecule has 25 heavy (non-hydrogen) atoms. The zero-order valence-electron chi connectivity index (χ0n) is 15.1. The minimum absolute atomic E-state index is 0. The first-order valence-electron chi connectivity index (χ1n) is 8.93. The van der Waals surface area contributed by atoms with Gasteiger partial charge in [0, 0.05) is 24.1 Å². The molecule has 1 aromatic rings. The number of aliphatic imine (C=N–C) groups is 1. The number of guanidine groups is 1. The lowest BCUT2D eigenvalue weighted by molar-refractivity contribution is 0.0992. The molecule has 0 aromatic heterocycles. The van der Waals surface area contributed by atoms with Crippen molar-refractivity contribution in [1.29, 1.82) is 0 Å². The van der Waals surface area contributed by atoms with Crippen LogP contribution in [-0.2, 0) is 10.2 Å². The van der Waals surface area contributed by atoms with Crippen molar-refractivity contribution in [3.05, 3.63) is 29.8 Å². The van der Waals surface area contributed by atoms with Crippen LogP contribution in [0.1, 0.15) is 38.2 Å². The van der Waals surface area contributed by atoms with Crippen LogP contribution in [0.15, 0.2) is 29.3 Å². The Bertz CT molecular complexity index is 653. The van der Waals surface area contributed by atoms with Crippen molar-refractivity contribution in [1.82, 2.24) is 10.6 Å². The van der Waals surface area contributed by atoms with Crippen molar-refractivity contribution in [2.45, 2.75) is 62.3 Å². The van der Waals surface area contributed by atoms with Crippen LogP contribution >= 0.6 is 24.0 Å². The van der Waals surface area contributed by atoms with E-state index in [1.165, 1.54) is 18.4 Å². The first-order chi connectivity index (χ1) is 11.6. The first kappa shape index (κ1) is 18.8. The van der Waals surface area contributed by atoms with Gasteiger partial charge in [-0.15, -0.1) is 24.0 Å². The smallest absolute Gasteiger partial charge is 0.191 e. The highest BCUT2D eigenvalue weighted by Crippen LogP contribution is 2.51. The largest absolute Gasteiger partial charge is 0.496 e. The molecule has 2 bridgehead atoms. The maximum Gasteiger partial charge on any atom is 0.191 e. The van der Waals surface area contributed by atoms with E-state index in [9.17, 15) is 0 Å². The van der Waals surface area contributed by atoms with Gasteiger partial charge >= 0.3 is 0 Å². The predicted octanol–water partition coefficient (Wildman–Crippen LogP) is 2.83. The lowest BCUT2D eigenvalue weighted by Crippen LogP contribution is -2.48. The summed E-state index contributed by atoms with van der Waals surface area (Å²) < 4.78 is 11.5. The average molecular weight is 457 g/mol. The van der Waals surface area contributed by atoms with E-state index < -0.39 is 0 Å². The van der Waals surface area contributed by atoms with Crippen LogP contribution in [-0.4, -0.2) is 44.4 Å². The number of halogens is 1. The van der Waals surface area contributed by atoms with E-state index in [1.807, 2.05) is 19.2 Å². The van der Waals surface area contributed by atoms with E-state index in [0.717, 1.165) is 24.6 Å². The van der Waals surface area contributed by atoms with Crippen LogP contribution in [0.2, 0.25) is 0 Å². The Labute approximate surface area is 167 Å². The molecule has 3 aliphatic rings. The number of ether oxygens (including phenoxy) is 2. The van der Waals surface area contributed by atoms with Crippen LogP contribution in [0.25, 0.3) is 0 Å². The highest BCUT2D eigenvalue weighted by atomic mass is 127. The van der Waals surface area contributed by atoms with Crippen molar-refractivity contribution in [2.24, 2.45) is 4.99 Å². The molecule has 1 aliphatic carbocycles. The van der Waals surface area contributed by atoms with Crippen LogP contribution in [0.3, 0.4) is 0 Å².